The number of nitrogens with zero attached hydrogens (tertiary/aromatic N) is 1. The van der Waals surface area contributed by atoms with Crippen molar-refractivity contribution in [2.24, 2.45) is 0 Å². The summed E-state index contributed by atoms with van der Waals surface area (Å²) in [5, 5.41) is 10.7. The van der Waals surface area contributed by atoms with Crippen LogP contribution < -0.4 is 10.5 Å². The summed E-state index contributed by atoms with van der Waals surface area (Å²) in [5.41, 5.74) is 5.15. The average molecular weight is 245 g/mol. The maximum Gasteiger partial charge on any atom is 0.284 e. The van der Waals surface area contributed by atoms with Crippen LogP contribution >= 0.6 is 11.6 Å². The maximum absolute atomic E-state index is 11.5. The molecule has 0 saturated carbocycles. The molecule has 0 fully saturated rings. The number of nitrogen functional groups attached to an aromatic ring is 1. The normalized spacial score (nSPS) is 9.88. The number of hydrogen-bond donors (Lipinski definition) is 1. The van der Waals surface area contributed by atoms with E-state index in [4.69, 9.17) is 22.1 Å². The molecule has 0 bridgehead atoms. The molecule has 0 unspecified atom stereocenters. The first kappa shape index (κ1) is 12.3. The fourth-order valence-electron chi connectivity index (χ4n) is 1.30. The predicted molar refractivity (Wildman–Crippen MR) is 59.1 cm³/mol. The van der Waals surface area contributed by atoms with E-state index in [-0.39, 0.29) is 28.6 Å². The van der Waals surface area contributed by atoms with Gasteiger partial charge in [-0.2, -0.15) is 0 Å². The zero-order chi connectivity index (χ0) is 12.3. The molecule has 6 nitrogen and oxygen atoms in total. The van der Waals surface area contributed by atoms with Gasteiger partial charge in [0.1, 0.15) is 5.56 Å². The van der Waals surface area contributed by atoms with E-state index >= 15 is 0 Å². The summed E-state index contributed by atoms with van der Waals surface area (Å²) < 4.78 is 4.88. The number of hydrogen-bond acceptors (Lipinski definition) is 5. The summed E-state index contributed by atoms with van der Waals surface area (Å²) >= 11 is 5.38. The lowest BCUT2D eigenvalue weighted by molar-refractivity contribution is -0.385. The molecule has 0 aliphatic heterocycles. The Bertz CT molecular complexity index is 447. The van der Waals surface area contributed by atoms with Gasteiger partial charge in [-0.25, -0.2) is 0 Å². The molecule has 7 heteroatoms. The second-order valence-corrected chi connectivity index (χ2v) is 3.16. The Morgan fingerprint density at radius 1 is 1.62 bits per heavy atom. The SMILES string of the molecule is COc1c(N)ccc([N+](=O)[O-])c1C(=O)CCl. The Kier molecular flexibility index (Phi) is 3.68. The first-order valence-corrected chi connectivity index (χ1v) is 4.76. The third-order valence-corrected chi connectivity index (χ3v) is 2.21. The van der Waals surface area contributed by atoms with Crippen LogP contribution in [0.4, 0.5) is 11.4 Å². The summed E-state index contributed by atoms with van der Waals surface area (Å²) in [6.07, 6.45) is 0. The minimum absolute atomic E-state index is 0.0140. The largest absolute Gasteiger partial charge is 0.494 e. The van der Waals surface area contributed by atoms with Gasteiger partial charge < -0.3 is 10.5 Å². The number of nitrogens with two attached hydrogens (primary N) is 1. The van der Waals surface area contributed by atoms with Crippen molar-refractivity contribution in [3.05, 3.63) is 27.8 Å². The number of carbonyl (C=O) groups is 1. The molecule has 0 heterocycles. The second kappa shape index (κ2) is 4.80. The molecule has 86 valence electrons. The number of alkyl halides is 1. The number of ether oxygens (including phenoxy) is 1. The van der Waals surface area contributed by atoms with Crippen LogP contribution in [0.25, 0.3) is 0 Å². The van der Waals surface area contributed by atoms with Crippen LogP contribution in [-0.2, 0) is 0 Å². The van der Waals surface area contributed by atoms with E-state index in [9.17, 15) is 14.9 Å². The van der Waals surface area contributed by atoms with Crippen molar-refractivity contribution in [3.8, 4) is 5.75 Å². The van der Waals surface area contributed by atoms with E-state index in [1.807, 2.05) is 0 Å². The molecule has 0 saturated heterocycles. The van der Waals surface area contributed by atoms with Crippen molar-refractivity contribution < 1.29 is 14.5 Å². The molecule has 1 aromatic rings. The minimum atomic E-state index is -0.679. The van der Waals surface area contributed by atoms with Gasteiger partial charge >= 0.3 is 0 Å². The van der Waals surface area contributed by atoms with Crippen LogP contribution in [0.5, 0.6) is 5.75 Å². The van der Waals surface area contributed by atoms with Crippen molar-refractivity contribution in [1.82, 2.24) is 0 Å². The Labute approximate surface area is 96.1 Å². The Morgan fingerprint density at radius 3 is 2.69 bits per heavy atom. The predicted octanol–water partition coefficient (Wildman–Crippen LogP) is 1.61. The molecule has 16 heavy (non-hydrogen) atoms. The summed E-state index contributed by atoms with van der Waals surface area (Å²) in [7, 11) is 1.28. The number of anilines is 1. The number of nitro groups is 1. The van der Waals surface area contributed by atoms with Crippen molar-refractivity contribution in [3.63, 3.8) is 0 Å². The van der Waals surface area contributed by atoms with Gasteiger partial charge in [0.15, 0.2) is 11.5 Å². The van der Waals surface area contributed by atoms with Gasteiger partial charge in [0.25, 0.3) is 5.69 Å². The fraction of sp³-hybridized carbons (Fsp3) is 0.222. The summed E-state index contributed by atoms with van der Waals surface area (Å²) in [5.74, 6) is -0.988. The molecular formula is C9H9ClN2O4. The van der Waals surface area contributed by atoms with E-state index < -0.39 is 10.7 Å². The Morgan fingerprint density at radius 2 is 2.25 bits per heavy atom. The van der Waals surface area contributed by atoms with Crippen LogP contribution in [0.1, 0.15) is 10.4 Å². The summed E-state index contributed by atoms with van der Waals surface area (Å²) in [6, 6.07) is 2.46. The standard InChI is InChI=1S/C9H9ClN2O4/c1-16-9-5(11)2-3-6(12(14)15)8(9)7(13)4-10/h2-3H,4,11H2,1H3. The van der Waals surface area contributed by atoms with Gasteiger partial charge in [-0.1, -0.05) is 0 Å². The number of carbonyl (C=O) groups excluding carboxylic acids is 1. The van der Waals surface area contributed by atoms with Crippen LogP contribution in [0.2, 0.25) is 0 Å². The van der Waals surface area contributed by atoms with Crippen molar-refractivity contribution in [2.75, 3.05) is 18.7 Å². The van der Waals surface area contributed by atoms with Crippen LogP contribution in [-0.4, -0.2) is 23.7 Å². The van der Waals surface area contributed by atoms with Gasteiger partial charge in [0, 0.05) is 6.07 Å². The molecular weight excluding hydrogens is 236 g/mol. The minimum Gasteiger partial charge on any atom is -0.494 e. The van der Waals surface area contributed by atoms with Gasteiger partial charge in [-0.05, 0) is 6.07 Å². The lowest BCUT2D eigenvalue weighted by atomic mass is 10.1. The van der Waals surface area contributed by atoms with Crippen molar-refractivity contribution in [2.45, 2.75) is 0 Å². The first-order chi connectivity index (χ1) is 7.52. The molecule has 0 spiro atoms. The maximum atomic E-state index is 11.5. The number of nitro benzene ring substituents is 1. The van der Waals surface area contributed by atoms with Gasteiger partial charge in [0.2, 0.25) is 0 Å². The highest BCUT2D eigenvalue weighted by atomic mass is 35.5. The molecule has 0 aliphatic carbocycles. The molecule has 0 aromatic heterocycles. The lowest BCUT2D eigenvalue weighted by Crippen LogP contribution is -2.09. The number of benzene rings is 1. The lowest BCUT2D eigenvalue weighted by Gasteiger charge is -2.09. The number of ketones is 1. The zero-order valence-electron chi connectivity index (χ0n) is 8.40. The van der Waals surface area contributed by atoms with E-state index in [0.717, 1.165) is 6.07 Å². The van der Waals surface area contributed by atoms with E-state index in [1.165, 1.54) is 13.2 Å². The van der Waals surface area contributed by atoms with Crippen LogP contribution in [0.15, 0.2) is 12.1 Å². The van der Waals surface area contributed by atoms with Crippen molar-refractivity contribution >= 4 is 28.8 Å². The zero-order valence-corrected chi connectivity index (χ0v) is 9.15. The monoisotopic (exact) mass is 244 g/mol. The molecule has 0 radical (unpaired) electrons. The molecule has 1 aromatic carbocycles. The van der Waals surface area contributed by atoms with E-state index in [0.29, 0.717) is 0 Å². The third-order valence-electron chi connectivity index (χ3n) is 1.97. The number of Topliss-reactive ketones (excluding diaryl/α,β-unsaturated/α-hetero) is 1. The highest BCUT2D eigenvalue weighted by Gasteiger charge is 2.25. The average Bonchev–Trinajstić information content (AvgIpc) is 2.27. The van der Waals surface area contributed by atoms with Gasteiger partial charge in [-0.3, -0.25) is 14.9 Å². The molecule has 0 atom stereocenters. The smallest absolute Gasteiger partial charge is 0.284 e. The Balaban J connectivity index is 3.53. The van der Waals surface area contributed by atoms with E-state index in [1.54, 1.807) is 0 Å². The highest BCUT2D eigenvalue weighted by Crippen LogP contribution is 2.34. The van der Waals surface area contributed by atoms with Crippen molar-refractivity contribution in [1.29, 1.82) is 0 Å². The van der Waals surface area contributed by atoms with Gasteiger partial charge in [-0.15, -0.1) is 11.6 Å². The number of methoxy groups -OCH3 is 1. The molecule has 0 amide bonds. The number of halogens is 1. The third kappa shape index (κ3) is 2.06. The van der Waals surface area contributed by atoms with Gasteiger partial charge in [0.05, 0.1) is 23.6 Å². The van der Waals surface area contributed by atoms with Crippen LogP contribution in [0, 0.1) is 10.1 Å². The first-order valence-electron chi connectivity index (χ1n) is 4.23. The molecule has 0 aliphatic rings. The summed E-state index contributed by atoms with van der Waals surface area (Å²) in [6.45, 7) is 0. The summed E-state index contributed by atoms with van der Waals surface area (Å²) in [4.78, 5) is 21.6. The second-order valence-electron chi connectivity index (χ2n) is 2.90. The van der Waals surface area contributed by atoms with E-state index in [2.05, 4.69) is 0 Å². The Hall–Kier alpha value is -1.82. The number of rotatable bonds is 4. The molecule has 1 rings (SSSR count). The quantitative estimate of drug-likeness (QED) is 0.285. The van der Waals surface area contributed by atoms with Crippen LogP contribution in [0.3, 0.4) is 0 Å². The fourth-order valence-corrected chi connectivity index (χ4v) is 1.43. The topological polar surface area (TPSA) is 95.5 Å². The highest BCUT2D eigenvalue weighted by molar-refractivity contribution is 6.31. The molecule has 2 N–H and O–H groups in total.